The predicted octanol–water partition coefficient (Wildman–Crippen LogP) is -0.237. The first-order valence-corrected chi connectivity index (χ1v) is 9.26. The lowest BCUT2D eigenvalue weighted by atomic mass is 10.00. The van der Waals surface area contributed by atoms with Gasteiger partial charge in [-0.15, -0.1) is 0 Å². The van der Waals surface area contributed by atoms with E-state index in [1.807, 2.05) is 0 Å². The first-order chi connectivity index (χ1) is 9.46. The van der Waals surface area contributed by atoms with Gasteiger partial charge in [-0.3, -0.25) is 9.89 Å². The summed E-state index contributed by atoms with van der Waals surface area (Å²) >= 11 is 0. The number of hydrogen-bond acceptors (Lipinski definition) is 4. The van der Waals surface area contributed by atoms with Crippen molar-refractivity contribution in [3.05, 3.63) is 0 Å². The maximum Gasteiger partial charge on any atom is 0.191 e. The van der Waals surface area contributed by atoms with Gasteiger partial charge in [-0.2, -0.15) is 0 Å². The number of hydrogen-bond donors (Lipinski definition) is 1. The van der Waals surface area contributed by atoms with Crippen LogP contribution in [0.4, 0.5) is 0 Å². The summed E-state index contributed by atoms with van der Waals surface area (Å²) in [6.07, 6.45) is 2.36. The smallest absolute Gasteiger partial charge is 0.191 e. The molecular weight excluding hydrogens is 276 g/mol. The topological polar surface area (TPSA) is 79.0 Å². The summed E-state index contributed by atoms with van der Waals surface area (Å²) in [7, 11) is -2.79. The van der Waals surface area contributed by atoms with E-state index in [1.54, 1.807) is 0 Å². The molecule has 2 aliphatic heterocycles. The van der Waals surface area contributed by atoms with E-state index in [0.717, 1.165) is 25.6 Å². The Morgan fingerprint density at radius 3 is 2.40 bits per heavy atom. The Kier molecular flexibility index (Phi) is 5.26. The van der Waals surface area contributed by atoms with Gasteiger partial charge in [0.15, 0.2) is 15.8 Å². The van der Waals surface area contributed by atoms with E-state index in [9.17, 15) is 8.42 Å². The standard InChI is InChI=1S/C13H26N4O2S/c1-12-2-5-17(6-3-12)13(14)15-4-7-16-8-10-20(18,19)11-9-16/h12H,2-11H2,1H3,(H2,14,15). The molecule has 0 aromatic rings. The van der Waals surface area contributed by atoms with E-state index in [0.29, 0.717) is 25.6 Å². The Morgan fingerprint density at radius 2 is 1.80 bits per heavy atom. The molecule has 0 bridgehead atoms. The lowest BCUT2D eigenvalue weighted by Gasteiger charge is -2.31. The lowest BCUT2D eigenvalue weighted by Crippen LogP contribution is -2.44. The minimum absolute atomic E-state index is 0.274. The maximum absolute atomic E-state index is 11.3. The number of nitrogens with two attached hydrogens (primary N) is 1. The first-order valence-electron chi connectivity index (χ1n) is 7.44. The van der Waals surface area contributed by atoms with Gasteiger partial charge in [0.05, 0.1) is 18.1 Å². The van der Waals surface area contributed by atoms with Gasteiger partial charge in [-0.05, 0) is 18.8 Å². The van der Waals surface area contributed by atoms with Crippen LogP contribution in [0.3, 0.4) is 0 Å². The Labute approximate surface area is 121 Å². The molecule has 2 N–H and O–H groups in total. The average molecular weight is 302 g/mol. The van der Waals surface area contributed by atoms with Crippen LogP contribution in [0.1, 0.15) is 19.8 Å². The van der Waals surface area contributed by atoms with Crippen LogP contribution in [0.25, 0.3) is 0 Å². The highest BCUT2D eigenvalue weighted by molar-refractivity contribution is 7.91. The summed E-state index contributed by atoms with van der Waals surface area (Å²) in [5, 5.41) is 0. The van der Waals surface area contributed by atoms with E-state index in [2.05, 4.69) is 21.7 Å². The van der Waals surface area contributed by atoms with Crippen LogP contribution in [-0.4, -0.2) is 75.0 Å². The van der Waals surface area contributed by atoms with Crippen molar-refractivity contribution in [3.63, 3.8) is 0 Å². The van der Waals surface area contributed by atoms with E-state index in [1.165, 1.54) is 12.8 Å². The molecule has 0 amide bonds. The monoisotopic (exact) mass is 302 g/mol. The van der Waals surface area contributed by atoms with Gasteiger partial charge >= 0.3 is 0 Å². The van der Waals surface area contributed by atoms with Crippen LogP contribution >= 0.6 is 0 Å². The highest BCUT2D eigenvalue weighted by atomic mass is 32.2. The molecule has 7 heteroatoms. The molecule has 2 rings (SSSR count). The quantitative estimate of drug-likeness (QED) is 0.575. The molecule has 116 valence electrons. The number of likely N-dealkylation sites (tertiary alicyclic amines) is 1. The number of piperidine rings is 1. The zero-order valence-corrected chi connectivity index (χ0v) is 13.1. The average Bonchev–Trinajstić information content (AvgIpc) is 2.41. The van der Waals surface area contributed by atoms with Crippen molar-refractivity contribution in [1.82, 2.24) is 9.80 Å². The summed E-state index contributed by atoms with van der Waals surface area (Å²) < 4.78 is 22.7. The second-order valence-corrected chi connectivity index (χ2v) is 8.21. The number of rotatable bonds is 3. The van der Waals surface area contributed by atoms with Crippen LogP contribution in [0.5, 0.6) is 0 Å². The highest BCUT2D eigenvalue weighted by Crippen LogP contribution is 2.15. The second-order valence-electron chi connectivity index (χ2n) is 5.90. The Bertz CT molecular complexity index is 427. The lowest BCUT2D eigenvalue weighted by molar-refractivity contribution is 0.275. The van der Waals surface area contributed by atoms with Crippen LogP contribution in [0, 0.1) is 5.92 Å². The molecule has 0 aromatic carbocycles. The van der Waals surface area contributed by atoms with Gasteiger partial charge in [-0.25, -0.2) is 8.42 Å². The summed E-state index contributed by atoms with van der Waals surface area (Å²) in [5.41, 5.74) is 6.01. The minimum Gasteiger partial charge on any atom is -0.370 e. The largest absolute Gasteiger partial charge is 0.370 e. The van der Waals surface area contributed by atoms with Gasteiger partial charge in [0.1, 0.15) is 0 Å². The maximum atomic E-state index is 11.3. The number of aliphatic imine (C=N–C) groups is 1. The molecule has 0 saturated carbocycles. The van der Waals surface area contributed by atoms with Crippen molar-refractivity contribution >= 4 is 15.8 Å². The molecule has 2 aliphatic rings. The summed E-state index contributed by atoms with van der Waals surface area (Å²) in [4.78, 5) is 8.73. The van der Waals surface area contributed by atoms with Crippen molar-refractivity contribution in [2.75, 3.05) is 50.8 Å². The number of guanidine groups is 1. The summed E-state index contributed by atoms with van der Waals surface area (Å²) in [6, 6.07) is 0. The Morgan fingerprint density at radius 1 is 1.20 bits per heavy atom. The van der Waals surface area contributed by atoms with Gasteiger partial charge in [0.25, 0.3) is 0 Å². The van der Waals surface area contributed by atoms with E-state index in [4.69, 9.17) is 5.73 Å². The third-order valence-corrected chi connectivity index (χ3v) is 5.84. The van der Waals surface area contributed by atoms with E-state index in [-0.39, 0.29) is 11.5 Å². The third-order valence-electron chi connectivity index (χ3n) is 4.23. The third kappa shape index (κ3) is 4.63. The predicted molar refractivity (Wildman–Crippen MR) is 81.6 cm³/mol. The molecule has 0 atom stereocenters. The van der Waals surface area contributed by atoms with Crippen LogP contribution in [0.15, 0.2) is 4.99 Å². The molecule has 0 spiro atoms. The molecule has 0 radical (unpaired) electrons. The van der Waals surface area contributed by atoms with Crippen LogP contribution in [0.2, 0.25) is 0 Å². The molecule has 6 nitrogen and oxygen atoms in total. The summed E-state index contributed by atoms with van der Waals surface area (Å²) in [5.74, 6) is 1.97. The van der Waals surface area contributed by atoms with Crippen molar-refractivity contribution in [2.24, 2.45) is 16.6 Å². The molecule has 2 fully saturated rings. The zero-order valence-electron chi connectivity index (χ0n) is 12.3. The van der Waals surface area contributed by atoms with Gasteiger partial charge < -0.3 is 10.6 Å². The molecule has 20 heavy (non-hydrogen) atoms. The molecule has 0 aromatic heterocycles. The molecular formula is C13H26N4O2S. The molecule has 2 heterocycles. The zero-order chi connectivity index (χ0) is 14.6. The van der Waals surface area contributed by atoms with Crippen molar-refractivity contribution in [2.45, 2.75) is 19.8 Å². The Hall–Kier alpha value is -0.820. The van der Waals surface area contributed by atoms with Gasteiger partial charge in [0.2, 0.25) is 0 Å². The first kappa shape index (κ1) is 15.6. The van der Waals surface area contributed by atoms with Gasteiger partial charge in [-0.1, -0.05) is 6.92 Å². The molecule has 2 saturated heterocycles. The van der Waals surface area contributed by atoms with Crippen molar-refractivity contribution < 1.29 is 8.42 Å². The van der Waals surface area contributed by atoms with Gasteiger partial charge in [0, 0.05) is 32.7 Å². The SMILES string of the molecule is CC1CCN(C(N)=NCCN2CCS(=O)(=O)CC2)CC1. The molecule has 0 unspecified atom stereocenters. The van der Waals surface area contributed by atoms with Crippen molar-refractivity contribution in [3.8, 4) is 0 Å². The highest BCUT2D eigenvalue weighted by Gasteiger charge is 2.21. The Balaban J connectivity index is 1.70. The van der Waals surface area contributed by atoms with Crippen LogP contribution < -0.4 is 5.73 Å². The number of nitrogens with zero attached hydrogens (tertiary/aromatic N) is 3. The fraction of sp³-hybridized carbons (Fsp3) is 0.923. The fourth-order valence-corrected chi connectivity index (χ4v) is 3.89. The van der Waals surface area contributed by atoms with Crippen molar-refractivity contribution in [1.29, 1.82) is 0 Å². The summed E-state index contributed by atoms with van der Waals surface area (Å²) in [6.45, 7) is 6.96. The van der Waals surface area contributed by atoms with E-state index >= 15 is 0 Å². The second kappa shape index (κ2) is 6.76. The normalized spacial score (nSPS) is 25.9. The fourth-order valence-electron chi connectivity index (χ4n) is 2.62. The van der Waals surface area contributed by atoms with E-state index < -0.39 is 9.84 Å². The molecule has 0 aliphatic carbocycles. The van der Waals surface area contributed by atoms with Crippen LogP contribution in [-0.2, 0) is 9.84 Å². The number of sulfone groups is 1. The minimum atomic E-state index is -2.79.